The molecule has 0 aromatic heterocycles. The van der Waals surface area contributed by atoms with Gasteiger partial charge < -0.3 is 28.1 Å². The lowest BCUT2D eigenvalue weighted by Crippen LogP contribution is -2.43. The number of benzene rings is 1. The lowest BCUT2D eigenvalue weighted by atomic mass is 9.95. The Labute approximate surface area is 278 Å². The monoisotopic (exact) mass is 652 g/mol. The van der Waals surface area contributed by atoms with Crippen molar-refractivity contribution in [3.05, 3.63) is 83.5 Å². The van der Waals surface area contributed by atoms with Gasteiger partial charge in [0.2, 0.25) is 0 Å². The molecule has 0 spiro atoms. The summed E-state index contributed by atoms with van der Waals surface area (Å²) in [6.45, 7) is 20.4. The van der Waals surface area contributed by atoms with Crippen molar-refractivity contribution in [2.24, 2.45) is 0 Å². The van der Waals surface area contributed by atoms with Crippen LogP contribution in [0.1, 0.15) is 72.3 Å². The van der Waals surface area contributed by atoms with E-state index in [1.54, 1.807) is 20.3 Å². The van der Waals surface area contributed by atoms with Gasteiger partial charge in [-0.15, -0.1) is 0 Å². The van der Waals surface area contributed by atoms with Gasteiger partial charge in [0, 0.05) is 12.5 Å². The van der Waals surface area contributed by atoms with Gasteiger partial charge in [-0.2, -0.15) is 0 Å². The van der Waals surface area contributed by atoms with Gasteiger partial charge in [0.05, 0.1) is 45.7 Å². The second-order valence-electron chi connectivity index (χ2n) is 14.1. The SMILES string of the molecule is C=C1C[C@H]2C/C=C/[C@H](O[Si](C)(C)C(C)(C)C)C/C(C)=C\C=C\C(=O)O[C@@H](COCc3ccc(OC)c(OC)c3)C/C(C)=C/[C@@H](C1)O2. The molecule has 2 aliphatic heterocycles. The summed E-state index contributed by atoms with van der Waals surface area (Å²) < 4.78 is 36.1. The molecule has 254 valence electrons. The highest BCUT2D eigenvalue weighted by molar-refractivity contribution is 6.74. The fraction of sp³-hybridized carbons (Fsp3) is 0.553. The molecule has 1 saturated heterocycles. The first-order valence-electron chi connectivity index (χ1n) is 16.4. The maximum Gasteiger partial charge on any atom is 0.331 e. The first-order chi connectivity index (χ1) is 21.7. The van der Waals surface area contributed by atoms with E-state index in [2.05, 4.69) is 65.6 Å². The zero-order chi connectivity index (χ0) is 33.9. The van der Waals surface area contributed by atoms with Crippen molar-refractivity contribution in [2.45, 2.75) is 116 Å². The number of esters is 1. The van der Waals surface area contributed by atoms with Gasteiger partial charge in [0.25, 0.3) is 0 Å². The van der Waals surface area contributed by atoms with E-state index < -0.39 is 20.4 Å². The third-order valence-electron chi connectivity index (χ3n) is 8.83. The zero-order valence-electron chi connectivity index (χ0n) is 29.5. The summed E-state index contributed by atoms with van der Waals surface area (Å²) in [5.74, 6) is 0.888. The van der Waals surface area contributed by atoms with Crippen LogP contribution in [-0.4, -0.2) is 59.5 Å². The van der Waals surface area contributed by atoms with Crippen LogP contribution in [0.2, 0.25) is 18.1 Å². The molecule has 0 amide bonds. The second-order valence-corrected chi connectivity index (χ2v) is 18.8. The van der Waals surface area contributed by atoms with Crippen LogP contribution in [-0.2, 0) is 30.0 Å². The van der Waals surface area contributed by atoms with Gasteiger partial charge in [0.1, 0.15) is 6.10 Å². The predicted molar refractivity (Wildman–Crippen MR) is 188 cm³/mol. The number of methoxy groups -OCH3 is 2. The summed E-state index contributed by atoms with van der Waals surface area (Å²) in [5, 5.41) is 0.0948. The Kier molecular flexibility index (Phi) is 14.1. The molecule has 0 unspecified atom stereocenters. The van der Waals surface area contributed by atoms with Crippen LogP contribution < -0.4 is 9.47 Å². The van der Waals surface area contributed by atoms with Crippen molar-refractivity contribution in [3.8, 4) is 11.5 Å². The Morgan fingerprint density at radius 2 is 1.74 bits per heavy atom. The summed E-state index contributed by atoms with van der Waals surface area (Å²) in [6, 6.07) is 5.67. The van der Waals surface area contributed by atoms with Crippen molar-refractivity contribution in [1.82, 2.24) is 0 Å². The largest absolute Gasteiger partial charge is 0.493 e. The molecule has 1 aromatic carbocycles. The van der Waals surface area contributed by atoms with E-state index in [9.17, 15) is 4.79 Å². The van der Waals surface area contributed by atoms with E-state index in [0.29, 0.717) is 24.5 Å². The van der Waals surface area contributed by atoms with Gasteiger partial charge in [-0.1, -0.05) is 80.5 Å². The quantitative estimate of drug-likeness (QED) is 0.158. The maximum absolute atomic E-state index is 13.0. The van der Waals surface area contributed by atoms with E-state index in [1.165, 1.54) is 11.6 Å². The van der Waals surface area contributed by atoms with E-state index in [4.69, 9.17) is 28.1 Å². The van der Waals surface area contributed by atoms with Gasteiger partial charge in [-0.3, -0.25) is 0 Å². The summed E-state index contributed by atoms with van der Waals surface area (Å²) in [7, 11) is 1.20. The van der Waals surface area contributed by atoms with E-state index in [1.807, 2.05) is 31.2 Å². The normalized spacial score (nSPS) is 27.6. The molecule has 2 bridgehead atoms. The summed E-state index contributed by atoms with van der Waals surface area (Å²) in [4.78, 5) is 13.0. The fourth-order valence-corrected chi connectivity index (χ4v) is 6.67. The third-order valence-corrected chi connectivity index (χ3v) is 13.3. The molecule has 2 heterocycles. The molecule has 3 rings (SSSR count). The minimum absolute atomic E-state index is 0.0528. The number of carbonyl (C=O) groups is 1. The highest BCUT2D eigenvalue weighted by atomic mass is 28.4. The summed E-state index contributed by atoms with van der Waals surface area (Å²) in [5.41, 5.74) is 4.31. The number of fused-ring (bicyclic) bond motifs is 2. The molecule has 4 atom stereocenters. The number of rotatable bonds is 8. The first kappa shape index (κ1) is 37.5. The molecule has 0 N–H and O–H groups in total. The van der Waals surface area contributed by atoms with E-state index in [-0.39, 0.29) is 30.0 Å². The van der Waals surface area contributed by atoms with Crippen LogP contribution in [0.15, 0.2) is 78.0 Å². The molecular formula is C38H56O7Si. The highest BCUT2D eigenvalue weighted by Gasteiger charge is 2.38. The van der Waals surface area contributed by atoms with Crippen LogP contribution in [0.5, 0.6) is 11.5 Å². The number of cyclic esters (lactones) is 1. The lowest BCUT2D eigenvalue weighted by Gasteiger charge is -2.39. The van der Waals surface area contributed by atoms with Crippen LogP contribution >= 0.6 is 0 Å². The molecule has 0 saturated carbocycles. The average Bonchev–Trinajstić information content (AvgIpc) is 2.95. The third kappa shape index (κ3) is 12.0. The van der Waals surface area contributed by atoms with Crippen molar-refractivity contribution in [2.75, 3.05) is 20.8 Å². The van der Waals surface area contributed by atoms with E-state index in [0.717, 1.165) is 42.4 Å². The summed E-state index contributed by atoms with van der Waals surface area (Å²) in [6.07, 6.45) is 14.9. The molecule has 8 heteroatoms. The average molecular weight is 653 g/mol. The van der Waals surface area contributed by atoms with Crippen LogP contribution in [0.3, 0.4) is 0 Å². The standard InChI is InChI=1S/C38H56O7Si/c1-27-13-11-16-37(39)44-34(26-42-25-30-17-18-35(40-7)36(24-30)41-8)23-29(3)22-33-21-28(2)20-31(43-33)14-12-15-32(19-27)45-46(9,10)38(4,5)6/h11-13,15-18,22,24,31-34H,2,14,19-21,23,25-26H2,1,3-10H3/b15-12+,16-11+,27-13-,29-22+/t31-,32+,33-,34-/m1/s1. The van der Waals surface area contributed by atoms with Gasteiger partial charge in [0.15, 0.2) is 19.8 Å². The number of hydrogen-bond donors (Lipinski definition) is 0. The second kappa shape index (κ2) is 17.3. The minimum atomic E-state index is -2.01. The number of allylic oxidation sites excluding steroid dienone is 2. The fourth-order valence-electron chi connectivity index (χ4n) is 5.39. The molecule has 2 aliphatic rings. The molecule has 7 nitrogen and oxygen atoms in total. The lowest BCUT2D eigenvalue weighted by molar-refractivity contribution is -0.146. The molecule has 0 radical (unpaired) electrons. The number of carbonyl (C=O) groups excluding carboxylic acids is 1. The maximum atomic E-state index is 13.0. The van der Waals surface area contributed by atoms with Gasteiger partial charge >= 0.3 is 5.97 Å². The number of hydrogen-bond acceptors (Lipinski definition) is 7. The smallest absolute Gasteiger partial charge is 0.331 e. The Hall–Kier alpha value is -2.91. The molecule has 1 aromatic rings. The Morgan fingerprint density at radius 1 is 1.00 bits per heavy atom. The topological polar surface area (TPSA) is 72.5 Å². The Bertz CT molecular complexity index is 1300. The van der Waals surface area contributed by atoms with Crippen LogP contribution in [0.25, 0.3) is 0 Å². The summed E-state index contributed by atoms with van der Waals surface area (Å²) >= 11 is 0. The number of ether oxygens (including phenoxy) is 5. The van der Waals surface area contributed by atoms with E-state index >= 15 is 0 Å². The minimum Gasteiger partial charge on any atom is -0.493 e. The molecule has 1 fully saturated rings. The van der Waals surface area contributed by atoms with Crippen LogP contribution in [0.4, 0.5) is 0 Å². The molecule has 0 aliphatic carbocycles. The predicted octanol–water partition coefficient (Wildman–Crippen LogP) is 8.82. The van der Waals surface area contributed by atoms with Crippen molar-refractivity contribution >= 4 is 14.3 Å². The molecular weight excluding hydrogens is 596 g/mol. The Balaban J connectivity index is 1.81. The first-order valence-corrected chi connectivity index (χ1v) is 19.3. The zero-order valence-corrected chi connectivity index (χ0v) is 30.5. The van der Waals surface area contributed by atoms with Crippen molar-refractivity contribution in [1.29, 1.82) is 0 Å². The van der Waals surface area contributed by atoms with Crippen LogP contribution in [0, 0.1) is 0 Å². The molecule has 46 heavy (non-hydrogen) atoms. The van der Waals surface area contributed by atoms with Gasteiger partial charge in [-0.05, 0) is 75.4 Å². The Morgan fingerprint density at radius 3 is 2.43 bits per heavy atom. The van der Waals surface area contributed by atoms with Gasteiger partial charge in [-0.25, -0.2) is 4.79 Å². The van der Waals surface area contributed by atoms with Crippen molar-refractivity contribution in [3.63, 3.8) is 0 Å². The highest BCUT2D eigenvalue weighted by Crippen LogP contribution is 2.38. The van der Waals surface area contributed by atoms with Crippen molar-refractivity contribution < 1.29 is 32.9 Å².